The fourth-order valence-corrected chi connectivity index (χ4v) is 2.08. The molecule has 2 nitrogen and oxygen atoms in total. The first-order chi connectivity index (χ1) is 8.20. The molecule has 0 aromatic heterocycles. The van der Waals surface area contributed by atoms with Gasteiger partial charge in [-0.05, 0) is 52.7 Å². The Morgan fingerprint density at radius 2 is 1.94 bits per heavy atom. The van der Waals surface area contributed by atoms with E-state index in [1.165, 1.54) is 5.56 Å². The minimum atomic E-state index is 0.619. The molecule has 0 unspecified atom stereocenters. The second-order valence-corrected chi connectivity index (χ2v) is 4.62. The SMILES string of the molecule is Cc1cccc(Nc2cccc(Br)c2C#N)c1. The van der Waals surface area contributed by atoms with Crippen molar-refractivity contribution >= 4 is 27.3 Å². The van der Waals surface area contributed by atoms with Crippen LogP contribution in [0.2, 0.25) is 0 Å². The molecule has 1 N–H and O–H groups in total. The van der Waals surface area contributed by atoms with Crippen LogP contribution in [0.1, 0.15) is 11.1 Å². The van der Waals surface area contributed by atoms with Crippen LogP contribution in [-0.4, -0.2) is 0 Å². The molecule has 2 aromatic rings. The Labute approximate surface area is 109 Å². The van der Waals surface area contributed by atoms with Crippen LogP contribution < -0.4 is 5.32 Å². The molecule has 0 heterocycles. The summed E-state index contributed by atoms with van der Waals surface area (Å²) in [5.74, 6) is 0. The molecule has 0 atom stereocenters. The van der Waals surface area contributed by atoms with Crippen LogP contribution in [-0.2, 0) is 0 Å². The van der Waals surface area contributed by atoms with Gasteiger partial charge in [-0.25, -0.2) is 0 Å². The number of hydrogen-bond donors (Lipinski definition) is 1. The number of anilines is 2. The van der Waals surface area contributed by atoms with Crippen molar-refractivity contribution in [2.45, 2.75) is 6.92 Å². The molecule has 0 radical (unpaired) electrons. The smallest absolute Gasteiger partial charge is 0.103 e. The minimum Gasteiger partial charge on any atom is -0.354 e. The highest BCUT2D eigenvalue weighted by Gasteiger charge is 2.05. The molecular weight excluding hydrogens is 276 g/mol. The van der Waals surface area contributed by atoms with Gasteiger partial charge >= 0.3 is 0 Å². The van der Waals surface area contributed by atoms with Gasteiger partial charge < -0.3 is 5.32 Å². The quantitative estimate of drug-likeness (QED) is 0.890. The maximum Gasteiger partial charge on any atom is 0.103 e. The van der Waals surface area contributed by atoms with Crippen molar-refractivity contribution in [3.63, 3.8) is 0 Å². The molecule has 0 aliphatic carbocycles. The van der Waals surface area contributed by atoms with Crippen LogP contribution in [0.15, 0.2) is 46.9 Å². The summed E-state index contributed by atoms with van der Waals surface area (Å²) in [6.45, 7) is 2.04. The van der Waals surface area contributed by atoms with Gasteiger partial charge in [-0.1, -0.05) is 18.2 Å². The van der Waals surface area contributed by atoms with Gasteiger partial charge in [0.05, 0.1) is 11.3 Å². The molecule has 0 spiro atoms. The average molecular weight is 287 g/mol. The number of halogens is 1. The van der Waals surface area contributed by atoms with Gasteiger partial charge in [0.25, 0.3) is 0 Å². The lowest BCUT2D eigenvalue weighted by Gasteiger charge is -2.09. The van der Waals surface area contributed by atoms with Crippen LogP contribution in [0.3, 0.4) is 0 Å². The Balaban J connectivity index is 2.37. The van der Waals surface area contributed by atoms with E-state index < -0.39 is 0 Å². The topological polar surface area (TPSA) is 35.8 Å². The molecule has 84 valence electrons. The highest BCUT2D eigenvalue weighted by Crippen LogP contribution is 2.26. The Bertz CT molecular complexity index is 585. The predicted molar refractivity (Wildman–Crippen MR) is 73.3 cm³/mol. The lowest BCUT2D eigenvalue weighted by Crippen LogP contribution is -1.94. The monoisotopic (exact) mass is 286 g/mol. The second kappa shape index (κ2) is 5.03. The fourth-order valence-electron chi connectivity index (χ4n) is 1.62. The molecular formula is C14H11BrN2. The molecule has 0 bridgehead atoms. The molecule has 0 aliphatic rings. The van der Waals surface area contributed by atoms with E-state index >= 15 is 0 Å². The summed E-state index contributed by atoms with van der Waals surface area (Å²) < 4.78 is 0.803. The molecule has 0 amide bonds. The predicted octanol–water partition coefficient (Wildman–Crippen LogP) is 4.37. The average Bonchev–Trinajstić information content (AvgIpc) is 2.29. The van der Waals surface area contributed by atoms with Crippen molar-refractivity contribution in [1.29, 1.82) is 5.26 Å². The summed E-state index contributed by atoms with van der Waals surface area (Å²) >= 11 is 3.37. The van der Waals surface area contributed by atoms with E-state index in [9.17, 15) is 0 Å². The minimum absolute atomic E-state index is 0.619. The van der Waals surface area contributed by atoms with Crippen LogP contribution in [0.25, 0.3) is 0 Å². The number of nitrogens with zero attached hydrogens (tertiary/aromatic N) is 1. The molecule has 0 fully saturated rings. The van der Waals surface area contributed by atoms with Gasteiger partial charge in [0.1, 0.15) is 6.07 Å². The zero-order chi connectivity index (χ0) is 12.3. The highest BCUT2D eigenvalue weighted by atomic mass is 79.9. The molecule has 3 heteroatoms. The largest absolute Gasteiger partial charge is 0.354 e. The van der Waals surface area contributed by atoms with Crippen molar-refractivity contribution in [1.82, 2.24) is 0 Å². The van der Waals surface area contributed by atoms with Crippen LogP contribution in [0, 0.1) is 18.3 Å². The molecule has 17 heavy (non-hydrogen) atoms. The summed E-state index contributed by atoms with van der Waals surface area (Å²) in [6, 6.07) is 15.9. The van der Waals surface area contributed by atoms with Crippen molar-refractivity contribution < 1.29 is 0 Å². The summed E-state index contributed by atoms with van der Waals surface area (Å²) in [4.78, 5) is 0. The molecule has 0 aliphatic heterocycles. The zero-order valence-electron chi connectivity index (χ0n) is 9.37. The van der Waals surface area contributed by atoms with Gasteiger partial charge in [0.15, 0.2) is 0 Å². The van der Waals surface area contributed by atoms with Crippen molar-refractivity contribution in [3.05, 3.63) is 58.1 Å². The van der Waals surface area contributed by atoms with Gasteiger partial charge in [-0.2, -0.15) is 5.26 Å². The van der Waals surface area contributed by atoms with Crippen molar-refractivity contribution in [3.8, 4) is 6.07 Å². The Morgan fingerprint density at radius 1 is 1.18 bits per heavy atom. The van der Waals surface area contributed by atoms with Crippen LogP contribution >= 0.6 is 15.9 Å². The zero-order valence-corrected chi connectivity index (χ0v) is 11.0. The molecule has 0 saturated carbocycles. The van der Waals surface area contributed by atoms with E-state index in [1.807, 2.05) is 49.4 Å². The van der Waals surface area contributed by atoms with Gasteiger partial charge in [-0.3, -0.25) is 0 Å². The standard InChI is InChI=1S/C14H11BrN2/c1-10-4-2-5-11(8-10)17-14-7-3-6-13(15)12(14)9-16/h2-8,17H,1H3. The number of hydrogen-bond acceptors (Lipinski definition) is 2. The van der Waals surface area contributed by atoms with E-state index in [1.54, 1.807) is 0 Å². The number of nitrogens with one attached hydrogen (secondary N) is 1. The third kappa shape index (κ3) is 2.66. The normalized spacial score (nSPS) is 9.71. The first kappa shape index (κ1) is 11.7. The van der Waals surface area contributed by atoms with Gasteiger partial charge in [0, 0.05) is 10.2 Å². The van der Waals surface area contributed by atoms with E-state index in [4.69, 9.17) is 5.26 Å². The van der Waals surface area contributed by atoms with Crippen LogP contribution in [0.5, 0.6) is 0 Å². The Kier molecular flexibility index (Phi) is 3.46. The van der Waals surface area contributed by atoms with E-state index in [2.05, 4.69) is 27.3 Å². The number of nitriles is 1. The molecule has 2 rings (SSSR count). The molecule has 2 aromatic carbocycles. The van der Waals surface area contributed by atoms with E-state index in [0.29, 0.717) is 5.56 Å². The number of benzene rings is 2. The first-order valence-electron chi connectivity index (χ1n) is 5.23. The summed E-state index contributed by atoms with van der Waals surface area (Å²) in [5.41, 5.74) is 3.60. The second-order valence-electron chi connectivity index (χ2n) is 3.77. The van der Waals surface area contributed by atoms with Crippen LogP contribution in [0.4, 0.5) is 11.4 Å². The Morgan fingerprint density at radius 3 is 2.65 bits per heavy atom. The third-order valence-corrected chi connectivity index (χ3v) is 3.08. The highest BCUT2D eigenvalue weighted by molar-refractivity contribution is 9.10. The van der Waals surface area contributed by atoms with Gasteiger partial charge in [-0.15, -0.1) is 0 Å². The van der Waals surface area contributed by atoms with Crippen molar-refractivity contribution in [2.75, 3.05) is 5.32 Å². The summed E-state index contributed by atoms with van der Waals surface area (Å²) in [6.07, 6.45) is 0. The maximum absolute atomic E-state index is 9.11. The number of aryl methyl sites for hydroxylation is 1. The lowest BCUT2D eigenvalue weighted by molar-refractivity contribution is 1.42. The van der Waals surface area contributed by atoms with Gasteiger partial charge in [0.2, 0.25) is 0 Å². The summed E-state index contributed by atoms with van der Waals surface area (Å²) in [5, 5.41) is 12.4. The first-order valence-corrected chi connectivity index (χ1v) is 6.02. The summed E-state index contributed by atoms with van der Waals surface area (Å²) in [7, 11) is 0. The van der Waals surface area contributed by atoms with Crippen molar-refractivity contribution in [2.24, 2.45) is 0 Å². The van der Waals surface area contributed by atoms with E-state index in [-0.39, 0.29) is 0 Å². The molecule has 0 saturated heterocycles. The third-order valence-electron chi connectivity index (χ3n) is 2.42. The number of rotatable bonds is 2. The Hall–Kier alpha value is -1.79. The van der Waals surface area contributed by atoms with E-state index in [0.717, 1.165) is 15.8 Å². The lowest BCUT2D eigenvalue weighted by atomic mass is 10.1. The fraction of sp³-hybridized carbons (Fsp3) is 0.0714. The maximum atomic E-state index is 9.11.